The molecule has 1 heterocycles. The number of nitrogens with one attached hydrogen (secondary N) is 1. The second-order valence-corrected chi connectivity index (χ2v) is 6.19. The molecular formula is C17H26N2O. The smallest absolute Gasteiger partial charge is 0.120 e. The summed E-state index contributed by atoms with van der Waals surface area (Å²) in [5.41, 5.74) is 1.14. The highest BCUT2D eigenvalue weighted by atomic mass is 16.3. The molecule has 1 saturated carbocycles. The average molecular weight is 274 g/mol. The van der Waals surface area contributed by atoms with Gasteiger partial charge in [0.15, 0.2) is 0 Å². The van der Waals surface area contributed by atoms with Gasteiger partial charge < -0.3 is 10.4 Å². The van der Waals surface area contributed by atoms with Gasteiger partial charge in [0, 0.05) is 37.8 Å². The number of rotatable bonds is 3. The van der Waals surface area contributed by atoms with Gasteiger partial charge in [-0.15, -0.1) is 0 Å². The molecule has 3 heteroatoms. The summed E-state index contributed by atoms with van der Waals surface area (Å²) in [4.78, 5) is 2.58. The van der Waals surface area contributed by atoms with Crippen LogP contribution in [0.1, 0.15) is 43.7 Å². The Hall–Kier alpha value is -1.06. The summed E-state index contributed by atoms with van der Waals surface area (Å²) in [6, 6.07) is 8.35. The molecule has 3 nitrogen and oxygen atoms in total. The van der Waals surface area contributed by atoms with Crippen molar-refractivity contribution in [2.24, 2.45) is 5.92 Å². The number of piperazine rings is 1. The van der Waals surface area contributed by atoms with E-state index in [4.69, 9.17) is 0 Å². The first-order valence-corrected chi connectivity index (χ1v) is 8.09. The number of para-hydroxylation sites is 1. The predicted molar refractivity (Wildman–Crippen MR) is 81.9 cm³/mol. The van der Waals surface area contributed by atoms with Gasteiger partial charge in [0.2, 0.25) is 0 Å². The van der Waals surface area contributed by atoms with E-state index in [9.17, 15) is 5.11 Å². The lowest BCUT2D eigenvalue weighted by Crippen LogP contribution is -2.47. The Morgan fingerprint density at radius 2 is 1.75 bits per heavy atom. The minimum atomic E-state index is 0.401. The largest absolute Gasteiger partial charge is 0.508 e. The van der Waals surface area contributed by atoms with Crippen LogP contribution in [-0.2, 0) is 0 Å². The van der Waals surface area contributed by atoms with Crippen molar-refractivity contribution in [1.82, 2.24) is 10.2 Å². The predicted octanol–water partition coefficient (Wildman–Crippen LogP) is 2.92. The van der Waals surface area contributed by atoms with E-state index in [0.29, 0.717) is 17.7 Å². The van der Waals surface area contributed by atoms with Gasteiger partial charge in [-0.3, -0.25) is 4.90 Å². The molecule has 1 aromatic rings. The summed E-state index contributed by atoms with van der Waals surface area (Å²) in [5, 5.41) is 13.7. The Morgan fingerprint density at radius 3 is 2.45 bits per heavy atom. The van der Waals surface area contributed by atoms with Crippen molar-refractivity contribution in [3.63, 3.8) is 0 Å². The monoisotopic (exact) mass is 274 g/mol. The molecule has 1 saturated heterocycles. The fourth-order valence-corrected chi connectivity index (χ4v) is 3.90. The van der Waals surface area contributed by atoms with Gasteiger partial charge in [0.1, 0.15) is 5.75 Å². The van der Waals surface area contributed by atoms with Crippen molar-refractivity contribution in [3.8, 4) is 5.75 Å². The third kappa shape index (κ3) is 2.99. The van der Waals surface area contributed by atoms with Gasteiger partial charge in [-0.2, -0.15) is 0 Å². The van der Waals surface area contributed by atoms with Gasteiger partial charge in [-0.05, 0) is 24.8 Å². The zero-order valence-electron chi connectivity index (χ0n) is 12.2. The van der Waals surface area contributed by atoms with Crippen LogP contribution in [0.4, 0.5) is 0 Å². The van der Waals surface area contributed by atoms with Gasteiger partial charge in [-0.25, -0.2) is 0 Å². The molecule has 0 bridgehead atoms. The maximum atomic E-state index is 10.3. The molecule has 0 aromatic heterocycles. The topological polar surface area (TPSA) is 35.5 Å². The van der Waals surface area contributed by atoms with Crippen molar-refractivity contribution in [2.75, 3.05) is 26.2 Å². The first-order valence-electron chi connectivity index (χ1n) is 8.09. The molecule has 0 radical (unpaired) electrons. The SMILES string of the molecule is Oc1ccccc1[C@H](C1CCCCC1)N1CCNCC1. The summed E-state index contributed by atoms with van der Waals surface area (Å²) < 4.78 is 0. The Kier molecular flexibility index (Phi) is 4.58. The van der Waals surface area contributed by atoms with Gasteiger partial charge in [-0.1, -0.05) is 37.5 Å². The lowest BCUT2D eigenvalue weighted by atomic mass is 9.80. The van der Waals surface area contributed by atoms with Crippen LogP contribution in [0.5, 0.6) is 5.75 Å². The number of nitrogens with zero attached hydrogens (tertiary/aromatic N) is 1. The fourth-order valence-electron chi connectivity index (χ4n) is 3.90. The second-order valence-electron chi connectivity index (χ2n) is 6.19. The van der Waals surface area contributed by atoms with Crippen LogP contribution in [0.3, 0.4) is 0 Å². The number of hydrogen-bond acceptors (Lipinski definition) is 3. The lowest BCUT2D eigenvalue weighted by Gasteiger charge is -2.41. The van der Waals surface area contributed by atoms with Crippen LogP contribution < -0.4 is 5.32 Å². The highest BCUT2D eigenvalue weighted by Gasteiger charge is 2.32. The van der Waals surface area contributed by atoms with Crippen LogP contribution in [0.25, 0.3) is 0 Å². The van der Waals surface area contributed by atoms with Crippen LogP contribution in [0.15, 0.2) is 24.3 Å². The summed E-state index contributed by atoms with van der Waals surface area (Å²) in [6.07, 6.45) is 6.69. The van der Waals surface area contributed by atoms with Gasteiger partial charge >= 0.3 is 0 Å². The minimum Gasteiger partial charge on any atom is -0.508 e. The molecule has 1 atom stereocenters. The molecule has 110 valence electrons. The number of phenols is 1. The van der Waals surface area contributed by atoms with E-state index >= 15 is 0 Å². The Morgan fingerprint density at radius 1 is 1.05 bits per heavy atom. The molecule has 0 spiro atoms. The zero-order chi connectivity index (χ0) is 13.8. The van der Waals surface area contributed by atoms with Crippen LogP contribution in [0.2, 0.25) is 0 Å². The van der Waals surface area contributed by atoms with Crippen molar-refractivity contribution in [2.45, 2.75) is 38.1 Å². The van der Waals surface area contributed by atoms with Crippen molar-refractivity contribution in [1.29, 1.82) is 0 Å². The van der Waals surface area contributed by atoms with Crippen molar-refractivity contribution >= 4 is 0 Å². The van der Waals surface area contributed by atoms with Crippen LogP contribution in [0, 0.1) is 5.92 Å². The van der Waals surface area contributed by atoms with E-state index in [1.165, 1.54) is 32.1 Å². The second kappa shape index (κ2) is 6.59. The normalized spacial score (nSPS) is 23.6. The summed E-state index contributed by atoms with van der Waals surface area (Å²) in [6.45, 7) is 4.32. The third-order valence-corrected chi connectivity index (χ3v) is 4.90. The van der Waals surface area contributed by atoms with E-state index in [-0.39, 0.29) is 0 Å². The Bertz CT molecular complexity index is 405. The Balaban J connectivity index is 1.87. The van der Waals surface area contributed by atoms with Gasteiger partial charge in [0.25, 0.3) is 0 Å². The van der Waals surface area contributed by atoms with E-state index in [0.717, 1.165) is 31.7 Å². The van der Waals surface area contributed by atoms with Crippen molar-refractivity contribution in [3.05, 3.63) is 29.8 Å². The molecule has 20 heavy (non-hydrogen) atoms. The van der Waals surface area contributed by atoms with E-state index in [1.54, 1.807) is 0 Å². The summed E-state index contributed by atoms with van der Waals surface area (Å²) >= 11 is 0. The minimum absolute atomic E-state index is 0.401. The first-order chi connectivity index (χ1) is 9.86. The van der Waals surface area contributed by atoms with Crippen LogP contribution >= 0.6 is 0 Å². The molecule has 1 aliphatic heterocycles. The summed E-state index contributed by atoms with van der Waals surface area (Å²) in [5.74, 6) is 1.18. The maximum absolute atomic E-state index is 10.3. The molecule has 0 amide bonds. The molecule has 2 fully saturated rings. The molecule has 1 aromatic carbocycles. The third-order valence-electron chi connectivity index (χ3n) is 4.90. The van der Waals surface area contributed by atoms with Crippen LogP contribution in [-0.4, -0.2) is 36.2 Å². The van der Waals surface area contributed by atoms with E-state index < -0.39 is 0 Å². The molecular weight excluding hydrogens is 248 g/mol. The molecule has 2 aliphatic rings. The van der Waals surface area contributed by atoms with E-state index in [1.807, 2.05) is 12.1 Å². The zero-order valence-corrected chi connectivity index (χ0v) is 12.2. The fraction of sp³-hybridized carbons (Fsp3) is 0.647. The quantitative estimate of drug-likeness (QED) is 0.889. The highest BCUT2D eigenvalue weighted by molar-refractivity contribution is 5.35. The molecule has 2 N–H and O–H groups in total. The number of aromatic hydroxyl groups is 1. The molecule has 1 aliphatic carbocycles. The molecule has 0 unspecified atom stereocenters. The summed E-state index contributed by atoms with van der Waals surface area (Å²) in [7, 11) is 0. The van der Waals surface area contributed by atoms with Crippen molar-refractivity contribution < 1.29 is 5.11 Å². The number of benzene rings is 1. The Labute approximate surface area is 122 Å². The highest BCUT2D eigenvalue weighted by Crippen LogP contribution is 2.41. The lowest BCUT2D eigenvalue weighted by molar-refractivity contribution is 0.101. The molecule has 3 rings (SSSR count). The number of phenolic OH excluding ortho intramolecular Hbond substituents is 1. The number of hydrogen-bond donors (Lipinski definition) is 2. The van der Waals surface area contributed by atoms with E-state index in [2.05, 4.69) is 22.3 Å². The standard InChI is InChI=1S/C17H26N2O/c20-16-9-5-4-8-15(16)17(14-6-2-1-3-7-14)19-12-10-18-11-13-19/h4-5,8-9,14,17-18,20H,1-3,6-7,10-13H2/t17-/m0/s1. The first kappa shape index (κ1) is 13.9. The average Bonchev–Trinajstić information content (AvgIpc) is 2.52. The van der Waals surface area contributed by atoms with Gasteiger partial charge in [0.05, 0.1) is 0 Å². The maximum Gasteiger partial charge on any atom is 0.120 e.